The molecular weight excluding hydrogens is 396 g/mol. The average Bonchev–Trinajstić information content (AvgIpc) is 3.14. The molecule has 0 atom stereocenters. The summed E-state index contributed by atoms with van der Waals surface area (Å²) >= 11 is 0. The molecule has 7 nitrogen and oxygen atoms in total. The fraction of sp³-hybridized carbons (Fsp3) is 0.250. The van der Waals surface area contributed by atoms with E-state index in [1.807, 2.05) is 44.2 Å². The summed E-state index contributed by atoms with van der Waals surface area (Å²) in [6.07, 6.45) is 0.421. The number of nitrogens with zero attached hydrogens (tertiary/aromatic N) is 1. The molecule has 0 spiro atoms. The largest absolute Gasteiger partial charge is 0.452 e. The van der Waals surface area contributed by atoms with Crippen LogP contribution in [0.5, 0.6) is 0 Å². The van der Waals surface area contributed by atoms with Crippen molar-refractivity contribution in [3.05, 3.63) is 71.6 Å². The Bertz CT molecular complexity index is 1070. The lowest BCUT2D eigenvalue weighted by atomic mass is 10.1. The van der Waals surface area contributed by atoms with E-state index in [1.165, 1.54) is 0 Å². The van der Waals surface area contributed by atoms with Crippen LogP contribution in [-0.4, -0.2) is 29.3 Å². The topological polar surface area (TPSA) is 98.5 Å². The summed E-state index contributed by atoms with van der Waals surface area (Å²) in [7, 11) is 0. The second kappa shape index (κ2) is 9.84. The molecule has 0 aliphatic carbocycles. The lowest BCUT2D eigenvalue weighted by Crippen LogP contribution is -2.16. The Morgan fingerprint density at radius 2 is 1.71 bits per heavy atom. The molecule has 31 heavy (non-hydrogen) atoms. The fourth-order valence-electron chi connectivity index (χ4n) is 2.90. The van der Waals surface area contributed by atoms with Crippen molar-refractivity contribution in [1.82, 2.24) is 4.98 Å². The van der Waals surface area contributed by atoms with Crippen molar-refractivity contribution in [2.45, 2.75) is 27.2 Å². The van der Waals surface area contributed by atoms with E-state index in [1.54, 1.807) is 31.2 Å². The van der Waals surface area contributed by atoms with E-state index in [2.05, 4.69) is 10.3 Å². The number of hydrogen-bond donors (Lipinski definition) is 1. The number of rotatable bonds is 8. The van der Waals surface area contributed by atoms with Crippen molar-refractivity contribution in [3.63, 3.8) is 0 Å². The summed E-state index contributed by atoms with van der Waals surface area (Å²) < 4.78 is 10.7. The van der Waals surface area contributed by atoms with Crippen LogP contribution in [0, 0.1) is 12.8 Å². The van der Waals surface area contributed by atoms with Gasteiger partial charge in [0.2, 0.25) is 11.8 Å². The van der Waals surface area contributed by atoms with Gasteiger partial charge < -0.3 is 14.5 Å². The number of hydrogen-bond acceptors (Lipinski definition) is 6. The van der Waals surface area contributed by atoms with Gasteiger partial charge in [0.1, 0.15) is 5.76 Å². The third kappa shape index (κ3) is 5.88. The average molecular weight is 420 g/mol. The lowest BCUT2D eigenvalue weighted by molar-refractivity contribution is -0.116. The zero-order chi connectivity index (χ0) is 22.4. The van der Waals surface area contributed by atoms with Gasteiger partial charge >= 0.3 is 5.97 Å². The predicted octanol–water partition coefficient (Wildman–Crippen LogP) is 4.67. The van der Waals surface area contributed by atoms with Crippen LogP contribution < -0.4 is 5.32 Å². The maximum atomic E-state index is 12.4. The molecule has 2 aromatic carbocycles. The van der Waals surface area contributed by atoms with Gasteiger partial charge in [-0.3, -0.25) is 9.59 Å². The van der Waals surface area contributed by atoms with Crippen LogP contribution in [-0.2, 0) is 9.53 Å². The molecule has 160 valence electrons. The van der Waals surface area contributed by atoms with Crippen LogP contribution in [0.3, 0.4) is 0 Å². The number of aryl methyl sites for hydroxylation is 1. The Kier molecular flexibility index (Phi) is 6.97. The third-order valence-electron chi connectivity index (χ3n) is 4.43. The fourth-order valence-corrected chi connectivity index (χ4v) is 2.90. The first-order valence-electron chi connectivity index (χ1n) is 9.96. The summed E-state index contributed by atoms with van der Waals surface area (Å²) in [6, 6.07) is 15.6. The molecule has 7 heteroatoms. The summed E-state index contributed by atoms with van der Waals surface area (Å²) in [6.45, 7) is 5.12. The van der Waals surface area contributed by atoms with Gasteiger partial charge in [-0.05, 0) is 49.2 Å². The first-order chi connectivity index (χ1) is 14.8. The Balaban J connectivity index is 1.57. The molecule has 0 fully saturated rings. The van der Waals surface area contributed by atoms with E-state index in [0.717, 1.165) is 5.56 Å². The van der Waals surface area contributed by atoms with Gasteiger partial charge in [0.05, 0.1) is 0 Å². The van der Waals surface area contributed by atoms with E-state index in [0.29, 0.717) is 29.3 Å². The quantitative estimate of drug-likeness (QED) is 0.420. The van der Waals surface area contributed by atoms with Crippen molar-refractivity contribution in [1.29, 1.82) is 0 Å². The highest BCUT2D eigenvalue weighted by Crippen LogP contribution is 2.22. The highest BCUT2D eigenvalue weighted by molar-refractivity contribution is 6.00. The van der Waals surface area contributed by atoms with Gasteiger partial charge in [0, 0.05) is 23.2 Å². The number of esters is 1. The van der Waals surface area contributed by atoms with Gasteiger partial charge in [-0.1, -0.05) is 32.0 Å². The Labute approximate surface area is 180 Å². The maximum absolute atomic E-state index is 12.4. The molecule has 0 unspecified atom stereocenters. The lowest BCUT2D eigenvalue weighted by Gasteiger charge is -2.08. The van der Waals surface area contributed by atoms with Crippen molar-refractivity contribution in [2.75, 3.05) is 11.9 Å². The molecule has 0 saturated carbocycles. The molecule has 1 N–H and O–H groups in total. The number of carbonyl (C=O) groups is 3. The SMILES string of the molecule is Cc1oc(-c2ccccc2)nc1C(=O)OCC(=O)c1ccc(NC(=O)CC(C)C)cc1. The number of oxazole rings is 1. The van der Waals surface area contributed by atoms with Gasteiger partial charge in [0.15, 0.2) is 18.1 Å². The van der Waals surface area contributed by atoms with Gasteiger partial charge in [0.25, 0.3) is 0 Å². The molecule has 3 aromatic rings. The number of nitrogens with one attached hydrogen (secondary N) is 1. The molecule has 1 aromatic heterocycles. The number of ketones is 1. The molecule has 1 amide bonds. The van der Waals surface area contributed by atoms with Crippen molar-refractivity contribution in [2.24, 2.45) is 5.92 Å². The summed E-state index contributed by atoms with van der Waals surface area (Å²) in [5.41, 5.74) is 1.75. The van der Waals surface area contributed by atoms with E-state index in [-0.39, 0.29) is 23.3 Å². The standard InChI is InChI=1S/C24H24N2O5/c1-15(2)13-21(28)25-19-11-9-17(10-12-19)20(27)14-30-24(29)22-16(3)31-23(26-22)18-7-5-4-6-8-18/h4-12,15H,13-14H2,1-3H3,(H,25,28). The first-order valence-corrected chi connectivity index (χ1v) is 9.96. The molecule has 1 heterocycles. The van der Waals surface area contributed by atoms with Crippen molar-refractivity contribution >= 4 is 23.3 Å². The van der Waals surface area contributed by atoms with E-state index < -0.39 is 12.6 Å². The van der Waals surface area contributed by atoms with E-state index in [4.69, 9.17) is 9.15 Å². The molecular formula is C24H24N2O5. The van der Waals surface area contributed by atoms with Crippen LogP contribution >= 0.6 is 0 Å². The molecule has 0 aliphatic rings. The minimum atomic E-state index is -0.727. The second-order valence-electron chi connectivity index (χ2n) is 7.51. The number of anilines is 1. The van der Waals surface area contributed by atoms with E-state index in [9.17, 15) is 14.4 Å². The summed E-state index contributed by atoms with van der Waals surface area (Å²) in [5, 5.41) is 2.78. The highest BCUT2D eigenvalue weighted by atomic mass is 16.5. The molecule has 0 bridgehead atoms. The zero-order valence-corrected chi connectivity index (χ0v) is 17.7. The van der Waals surface area contributed by atoms with Crippen LogP contribution in [0.1, 0.15) is 46.9 Å². The van der Waals surface area contributed by atoms with Gasteiger partial charge in [-0.15, -0.1) is 0 Å². The summed E-state index contributed by atoms with van der Waals surface area (Å²) in [4.78, 5) is 40.7. The number of amides is 1. The number of Topliss-reactive ketones (excluding diaryl/α,β-unsaturated/α-hetero) is 1. The first kappa shape index (κ1) is 22.0. The minimum Gasteiger partial charge on any atom is -0.452 e. The van der Waals surface area contributed by atoms with E-state index >= 15 is 0 Å². The summed E-state index contributed by atoms with van der Waals surface area (Å²) in [5.74, 6) is -0.287. The molecule has 0 radical (unpaired) electrons. The van der Waals surface area contributed by atoms with Crippen LogP contribution in [0.4, 0.5) is 5.69 Å². The van der Waals surface area contributed by atoms with Crippen molar-refractivity contribution < 1.29 is 23.5 Å². The zero-order valence-electron chi connectivity index (χ0n) is 17.7. The number of carbonyl (C=O) groups excluding carboxylic acids is 3. The Hall–Kier alpha value is -3.74. The van der Waals surface area contributed by atoms with Crippen LogP contribution in [0.25, 0.3) is 11.5 Å². The normalized spacial score (nSPS) is 10.7. The monoisotopic (exact) mass is 420 g/mol. The van der Waals surface area contributed by atoms with Gasteiger partial charge in [-0.2, -0.15) is 0 Å². The van der Waals surface area contributed by atoms with Crippen LogP contribution in [0.15, 0.2) is 59.0 Å². The number of aromatic nitrogens is 1. The number of benzene rings is 2. The Morgan fingerprint density at radius 3 is 2.35 bits per heavy atom. The third-order valence-corrected chi connectivity index (χ3v) is 4.43. The number of ether oxygens (including phenoxy) is 1. The predicted molar refractivity (Wildman–Crippen MR) is 116 cm³/mol. The maximum Gasteiger partial charge on any atom is 0.361 e. The molecule has 0 saturated heterocycles. The highest BCUT2D eigenvalue weighted by Gasteiger charge is 2.20. The Morgan fingerprint density at radius 1 is 1.03 bits per heavy atom. The van der Waals surface area contributed by atoms with Gasteiger partial charge in [-0.25, -0.2) is 9.78 Å². The van der Waals surface area contributed by atoms with Crippen molar-refractivity contribution in [3.8, 4) is 11.5 Å². The smallest absolute Gasteiger partial charge is 0.361 e. The molecule has 3 rings (SSSR count). The molecule has 0 aliphatic heterocycles. The van der Waals surface area contributed by atoms with Crippen LogP contribution in [0.2, 0.25) is 0 Å². The second-order valence-corrected chi connectivity index (χ2v) is 7.51. The minimum absolute atomic E-state index is 0.0369.